The topological polar surface area (TPSA) is 120 Å². The lowest BCUT2D eigenvalue weighted by atomic mass is 10.3. The van der Waals surface area contributed by atoms with Crippen LogP contribution in [0.3, 0.4) is 0 Å². The van der Waals surface area contributed by atoms with E-state index in [0.717, 1.165) is 11.4 Å². The van der Waals surface area contributed by atoms with Crippen molar-refractivity contribution >= 4 is 17.6 Å². The number of aromatic nitrogens is 4. The highest BCUT2D eigenvalue weighted by Gasteiger charge is 2.16. The lowest BCUT2D eigenvalue weighted by Crippen LogP contribution is -2.44. The Balaban J connectivity index is 1.56. The fraction of sp³-hybridized carbons (Fsp3) is 0.278. The van der Waals surface area contributed by atoms with Crippen LogP contribution in [0.5, 0.6) is 11.5 Å². The van der Waals surface area contributed by atoms with E-state index in [0.29, 0.717) is 23.9 Å². The molecule has 10 heteroatoms. The molecule has 0 saturated heterocycles. The van der Waals surface area contributed by atoms with Crippen molar-refractivity contribution in [1.29, 1.82) is 0 Å². The molecular weight excluding hydrogens is 364 g/mol. The van der Waals surface area contributed by atoms with Gasteiger partial charge in [0.15, 0.2) is 18.1 Å². The summed E-state index contributed by atoms with van der Waals surface area (Å²) in [6.07, 6.45) is 0. The smallest absolute Gasteiger partial charge is 0.309 e. The van der Waals surface area contributed by atoms with E-state index in [1.807, 2.05) is 26.8 Å². The number of carbonyl (C=O) groups is 2. The molecule has 0 radical (unpaired) electrons. The molecule has 0 saturated carbocycles. The first-order chi connectivity index (χ1) is 13.5. The Labute approximate surface area is 160 Å². The first-order valence-electron chi connectivity index (χ1n) is 8.62. The van der Waals surface area contributed by atoms with Crippen LogP contribution in [0.2, 0.25) is 0 Å². The average Bonchev–Trinajstić information content (AvgIpc) is 3.10. The van der Waals surface area contributed by atoms with E-state index in [2.05, 4.69) is 25.9 Å². The second-order valence-electron chi connectivity index (χ2n) is 5.86. The molecule has 3 rings (SSSR count). The van der Waals surface area contributed by atoms with Crippen LogP contribution in [0.15, 0.2) is 30.3 Å². The van der Waals surface area contributed by atoms with E-state index in [1.165, 1.54) is 4.52 Å². The Bertz CT molecular complexity index is 1020. The summed E-state index contributed by atoms with van der Waals surface area (Å²) < 4.78 is 12.3. The summed E-state index contributed by atoms with van der Waals surface area (Å²) in [4.78, 5) is 32.4. The number of hydrazine groups is 1. The first kappa shape index (κ1) is 19.1. The number of aryl methyl sites for hydroxylation is 2. The number of carbonyl (C=O) groups excluding carboxylic acids is 2. The van der Waals surface area contributed by atoms with E-state index in [4.69, 9.17) is 9.47 Å². The number of fused-ring (bicyclic) bond motifs is 1. The third kappa shape index (κ3) is 4.34. The van der Waals surface area contributed by atoms with Crippen molar-refractivity contribution in [3.63, 3.8) is 0 Å². The molecule has 0 aliphatic rings. The molecule has 3 aromatic rings. The van der Waals surface area contributed by atoms with Gasteiger partial charge in [0.25, 0.3) is 11.7 Å². The largest absolute Gasteiger partial charge is 0.490 e. The summed E-state index contributed by atoms with van der Waals surface area (Å²) in [5.41, 5.74) is 6.07. The second kappa shape index (κ2) is 8.33. The van der Waals surface area contributed by atoms with Gasteiger partial charge in [-0.1, -0.05) is 12.1 Å². The zero-order chi connectivity index (χ0) is 20.1. The fourth-order valence-electron chi connectivity index (χ4n) is 2.47. The van der Waals surface area contributed by atoms with Gasteiger partial charge in [-0.3, -0.25) is 20.4 Å². The molecule has 2 amide bonds. The molecule has 2 heterocycles. The van der Waals surface area contributed by atoms with Gasteiger partial charge in [-0.05, 0) is 39.0 Å². The number of nitrogens with zero attached hydrogens (tertiary/aromatic N) is 4. The minimum atomic E-state index is -0.661. The molecule has 0 unspecified atom stereocenters. The Morgan fingerprint density at radius 3 is 2.50 bits per heavy atom. The summed E-state index contributed by atoms with van der Waals surface area (Å²) >= 11 is 0. The number of amides is 2. The van der Waals surface area contributed by atoms with Crippen molar-refractivity contribution in [1.82, 2.24) is 30.4 Å². The monoisotopic (exact) mass is 384 g/mol. The molecule has 146 valence electrons. The van der Waals surface area contributed by atoms with Crippen LogP contribution in [0.4, 0.5) is 0 Å². The standard InChI is InChI=1S/C18H20N6O4/c1-4-27-13-7-5-6-8-14(13)28-10-15(25)21-22-17(26)16-20-18-19-11(2)9-12(3)24(18)23-16/h5-9H,4,10H2,1-3H3,(H,21,25)(H,22,26). The van der Waals surface area contributed by atoms with Crippen molar-refractivity contribution in [2.75, 3.05) is 13.2 Å². The maximum absolute atomic E-state index is 12.2. The van der Waals surface area contributed by atoms with Gasteiger partial charge in [0.2, 0.25) is 5.82 Å². The van der Waals surface area contributed by atoms with Crippen molar-refractivity contribution < 1.29 is 19.1 Å². The number of nitrogens with one attached hydrogen (secondary N) is 2. The van der Waals surface area contributed by atoms with Gasteiger partial charge in [0, 0.05) is 11.4 Å². The summed E-state index contributed by atoms with van der Waals surface area (Å²) in [5.74, 6) is -0.0354. The second-order valence-corrected chi connectivity index (χ2v) is 5.86. The van der Waals surface area contributed by atoms with Crippen LogP contribution in [-0.2, 0) is 4.79 Å². The quantitative estimate of drug-likeness (QED) is 0.608. The summed E-state index contributed by atoms with van der Waals surface area (Å²) in [5, 5.41) is 4.09. The zero-order valence-corrected chi connectivity index (χ0v) is 15.7. The van der Waals surface area contributed by atoms with Crippen LogP contribution < -0.4 is 20.3 Å². The molecule has 0 aliphatic carbocycles. The minimum Gasteiger partial charge on any atom is -0.490 e. The first-order valence-corrected chi connectivity index (χ1v) is 8.62. The van der Waals surface area contributed by atoms with E-state index in [-0.39, 0.29) is 12.4 Å². The van der Waals surface area contributed by atoms with Gasteiger partial charge in [0.1, 0.15) is 0 Å². The Morgan fingerprint density at radius 1 is 1.07 bits per heavy atom. The van der Waals surface area contributed by atoms with Crippen LogP contribution >= 0.6 is 0 Å². The maximum atomic E-state index is 12.2. The maximum Gasteiger partial charge on any atom is 0.309 e. The molecule has 28 heavy (non-hydrogen) atoms. The third-order valence-corrected chi connectivity index (χ3v) is 3.64. The van der Waals surface area contributed by atoms with Crippen LogP contribution in [0.1, 0.15) is 28.9 Å². The molecule has 2 aromatic heterocycles. The molecule has 2 N–H and O–H groups in total. The summed E-state index contributed by atoms with van der Waals surface area (Å²) in [6, 6.07) is 8.82. The van der Waals surface area contributed by atoms with E-state index < -0.39 is 11.8 Å². The molecular formula is C18H20N6O4. The highest BCUT2D eigenvalue weighted by molar-refractivity contribution is 5.92. The number of ether oxygens (including phenoxy) is 2. The van der Waals surface area contributed by atoms with Gasteiger partial charge in [-0.2, -0.15) is 4.98 Å². The van der Waals surface area contributed by atoms with Crippen LogP contribution in [-0.4, -0.2) is 44.6 Å². The Hall–Kier alpha value is -3.69. The summed E-state index contributed by atoms with van der Waals surface area (Å²) in [6.45, 7) is 5.68. The predicted molar refractivity (Wildman–Crippen MR) is 99.0 cm³/mol. The number of hydrogen-bond acceptors (Lipinski definition) is 7. The molecule has 0 atom stereocenters. The highest BCUT2D eigenvalue weighted by Crippen LogP contribution is 2.26. The number of hydrogen-bond donors (Lipinski definition) is 2. The van der Waals surface area contributed by atoms with E-state index in [1.54, 1.807) is 24.3 Å². The zero-order valence-electron chi connectivity index (χ0n) is 15.7. The number of benzene rings is 1. The predicted octanol–water partition coefficient (Wildman–Crippen LogP) is 0.980. The van der Waals surface area contributed by atoms with E-state index in [9.17, 15) is 9.59 Å². The molecule has 0 aliphatic heterocycles. The average molecular weight is 384 g/mol. The number of para-hydroxylation sites is 2. The SMILES string of the molecule is CCOc1ccccc1OCC(=O)NNC(=O)c1nc2nc(C)cc(C)n2n1. The van der Waals surface area contributed by atoms with Crippen molar-refractivity contribution in [2.24, 2.45) is 0 Å². The third-order valence-electron chi connectivity index (χ3n) is 3.64. The van der Waals surface area contributed by atoms with Gasteiger partial charge in [-0.25, -0.2) is 9.50 Å². The van der Waals surface area contributed by atoms with Gasteiger partial charge >= 0.3 is 5.91 Å². The van der Waals surface area contributed by atoms with Gasteiger partial charge in [0.05, 0.1) is 6.61 Å². The van der Waals surface area contributed by atoms with Crippen LogP contribution in [0.25, 0.3) is 5.78 Å². The Kier molecular flexibility index (Phi) is 5.68. The molecule has 0 spiro atoms. The molecule has 0 bridgehead atoms. The summed E-state index contributed by atoms with van der Waals surface area (Å²) in [7, 11) is 0. The Morgan fingerprint density at radius 2 is 1.79 bits per heavy atom. The molecule has 0 fully saturated rings. The van der Waals surface area contributed by atoms with Crippen molar-refractivity contribution in [3.8, 4) is 11.5 Å². The lowest BCUT2D eigenvalue weighted by Gasteiger charge is -2.11. The lowest BCUT2D eigenvalue weighted by molar-refractivity contribution is -0.123. The van der Waals surface area contributed by atoms with Gasteiger partial charge < -0.3 is 9.47 Å². The van der Waals surface area contributed by atoms with Crippen molar-refractivity contribution in [3.05, 3.63) is 47.5 Å². The van der Waals surface area contributed by atoms with Crippen molar-refractivity contribution in [2.45, 2.75) is 20.8 Å². The fourth-order valence-corrected chi connectivity index (χ4v) is 2.47. The number of rotatable bonds is 6. The highest BCUT2D eigenvalue weighted by atomic mass is 16.5. The molecule has 10 nitrogen and oxygen atoms in total. The van der Waals surface area contributed by atoms with Gasteiger partial charge in [-0.15, -0.1) is 5.10 Å². The normalized spacial score (nSPS) is 10.5. The van der Waals surface area contributed by atoms with E-state index >= 15 is 0 Å². The van der Waals surface area contributed by atoms with Crippen LogP contribution in [0, 0.1) is 13.8 Å². The molecule has 1 aromatic carbocycles. The minimum absolute atomic E-state index is 0.107.